The Kier molecular flexibility index (Phi) is 5.40. The van der Waals surface area contributed by atoms with Crippen molar-refractivity contribution in [1.82, 2.24) is 14.8 Å². The van der Waals surface area contributed by atoms with E-state index >= 15 is 0 Å². The normalized spacial score (nSPS) is 19.8. The number of likely N-dealkylation sites (tertiary alicyclic amines) is 2. The average molecular weight is 438 g/mol. The molecular formula is C24H24ClN3O3. The van der Waals surface area contributed by atoms with E-state index in [1.165, 1.54) is 0 Å². The van der Waals surface area contributed by atoms with Crippen LogP contribution in [0, 0.1) is 0 Å². The van der Waals surface area contributed by atoms with Gasteiger partial charge in [0, 0.05) is 36.1 Å². The van der Waals surface area contributed by atoms with Crippen LogP contribution in [-0.2, 0) is 4.79 Å². The van der Waals surface area contributed by atoms with E-state index in [9.17, 15) is 9.59 Å². The number of hydrogen-bond donors (Lipinski definition) is 0. The zero-order chi connectivity index (χ0) is 21.4. The number of hydrogen-bond acceptors (Lipinski definition) is 4. The summed E-state index contributed by atoms with van der Waals surface area (Å²) in [6.45, 7) is 1.92. The van der Waals surface area contributed by atoms with Gasteiger partial charge in [-0.2, -0.15) is 0 Å². The van der Waals surface area contributed by atoms with Gasteiger partial charge < -0.3 is 14.2 Å². The first-order chi connectivity index (χ1) is 15.1. The summed E-state index contributed by atoms with van der Waals surface area (Å²) in [6, 6.07) is 14.3. The molecule has 2 aromatic carbocycles. The first-order valence-corrected chi connectivity index (χ1v) is 11.2. The number of carbonyl (C=O) groups is 2. The number of nitrogens with zero attached hydrogens (tertiary/aromatic N) is 3. The molecule has 0 radical (unpaired) electrons. The number of benzene rings is 2. The fourth-order valence-corrected chi connectivity index (χ4v) is 4.83. The molecule has 0 saturated carbocycles. The molecule has 2 fully saturated rings. The molecule has 2 aliphatic heterocycles. The van der Waals surface area contributed by atoms with E-state index in [0.717, 1.165) is 36.8 Å². The number of fused-ring (bicyclic) bond motifs is 1. The van der Waals surface area contributed by atoms with E-state index in [1.807, 2.05) is 29.2 Å². The maximum Gasteiger partial charge on any atom is 0.254 e. The maximum atomic E-state index is 13.2. The van der Waals surface area contributed by atoms with Crippen molar-refractivity contribution >= 4 is 34.5 Å². The zero-order valence-corrected chi connectivity index (χ0v) is 17.9. The number of carbonyl (C=O) groups excluding carboxylic acids is 2. The molecular weight excluding hydrogens is 414 g/mol. The Morgan fingerprint density at radius 2 is 1.77 bits per heavy atom. The molecule has 2 saturated heterocycles. The van der Waals surface area contributed by atoms with Gasteiger partial charge in [-0.3, -0.25) is 9.59 Å². The van der Waals surface area contributed by atoms with Crippen molar-refractivity contribution in [2.24, 2.45) is 0 Å². The lowest BCUT2D eigenvalue weighted by Gasteiger charge is -2.34. The maximum absolute atomic E-state index is 13.2. The molecule has 0 bridgehead atoms. The molecule has 1 aromatic heterocycles. The van der Waals surface area contributed by atoms with Crippen molar-refractivity contribution in [3.8, 4) is 0 Å². The van der Waals surface area contributed by atoms with E-state index in [0.29, 0.717) is 36.1 Å². The highest BCUT2D eigenvalue weighted by Crippen LogP contribution is 2.32. The summed E-state index contributed by atoms with van der Waals surface area (Å²) in [5.74, 6) is 0.896. The summed E-state index contributed by atoms with van der Waals surface area (Å²) < 4.78 is 5.93. The second-order valence-corrected chi connectivity index (χ2v) is 8.72. The van der Waals surface area contributed by atoms with Crippen LogP contribution in [0.3, 0.4) is 0 Å². The Labute approximate surface area is 185 Å². The van der Waals surface area contributed by atoms with Crippen molar-refractivity contribution in [1.29, 1.82) is 0 Å². The molecule has 1 unspecified atom stereocenters. The van der Waals surface area contributed by atoms with Crippen molar-refractivity contribution in [3.05, 3.63) is 65.0 Å². The van der Waals surface area contributed by atoms with Crippen LogP contribution in [-0.4, -0.2) is 52.3 Å². The second-order valence-electron chi connectivity index (χ2n) is 8.29. The molecule has 0 spiro atoms. The molecule has 2 aliphatic rings. The number of halogens is 1. The minimum absolute atomic E-state index is 0.0588. The molecule has 7 heteroatoms. The SMILES string of the molecule is O=C(C1CCCN1C(=O)c1ccccc1)N1CCC(c2nc3cc(Cl)ccc3o2)CC1. The molecule has 0 aliphatic carbocycles. The predicted molar refractivity (Wildman–Crippen MR) is 118 cm³/mol. The molecule has 3 heterocycles. The molecule has 0 N–H and O–H groups in total. The van der Waals surface area contributed by atoms with E-state index in [4.69, 9.17) is 16.0 Å². The fourth-order valence-electron chi connectivity index (χ4n) is 4.66. The number of rotatable bonds is 3. The minimum atomic E-state index is -0.365. The Balaban J connectivity index is 1.24. The van der Waals surface area contributed by atoms with Gasteiger partial charge in [-0.25, -0.2) is 4.98 Å². The first kappa shape index (κ1) is 20.1. The van der Waals surface area contributed by atoms with Gasteiger partial charge in [0.05, 0.1) is 0 Å². The van der Waals surface area contributed by atoms with Crippen LogP contribution in [0.2, 0.25) is 5.02 Å². The second kappa shape index (κ2) is 8.35. The molecule has 160 valence electrons. The predicted octanol–water partition coefficient (Wildman–Crippen LogP) is 4.49. The van der Waals surface area contributed by atoms with Gasteiger partial charge in [-0.1, -0.05) is 29.8 Å². The van der Waals surface area contributed by atoms with Gasteiger partial charge in [0.2, 0.25) is 5.91 Å². The average Bonchev–Trinajstić information content (AvgIpc) is 3.46. The molecule has 31 heavy (non-hydrogen) atoms. The third kappa shape index (κ3) is 3.92. The van der Waals surface area contributed by atoms with E-state index in [2.05, 4.69) is 4.98 Å². The largest absolute Gasteiger partial charge is 0.440 e. The summed E-state index contributed by atoms with van der Waals surface area (Å²) in [4.78, 5) is 34.4. The van der Waals surface area contributed by atoms with Gasteiger partial charge in [0.25, 0.3) is 5.91 Å². The van der Waals surface area contributed by atoms with Crippen LogP contribution < -0.4 is 0 Å². The van der Waals surface area contributed by atoms with Crippen LogP contribution in [0.25, 0.3) is 11.1 Å². The molecule has 2 amide bonds. The number of piperidine rings is 1. The van der Waals surface area contributed by atoms with Crippen molar-refractivity contribution < 1.29 is 14.0 Å². The lowest BCUT2D eigenvalue weighted by Crippen LogP contribution is -2.49. The molecule has 3 aromatic rings. The van der Waals surface area contributed by atoms with E-state index in [-0.39, 0.29) is 23.8 Å². The van der Waals surface area contributed by atoms with Gasteiger partial charge in [-0.15, -0.1) is 0 Å². The number of aromatic nitrogens is 1. The standard InChI is InChI=1S/C24H24ClN3O3/c25-18-8-9-21-19(15-18)26-22(31-21)16-10-13-27(14-11-16)24(30)20-7-4-12-28(20)23(29)17-5-2-1-3-6-17/h1-3,5-6,8-9,15-16,20H,4,7,10-14H2. The lowest BCUT2D eigenvalue weighted by molar-refractivity contribution is -0.136. The van der Waals surface area contributed by atoms with Crippen LogP contribution in [0.5, 0.6) is 0 Å². The smallest absolute Gasteiger partial charge is 0.254 e. The van der Waals surface area contributed by atoms with E-state index in [1.54, 1.807) is 29.2 Å². The van der Waals surface area contributed by atoms with Crippen molar-refractivity contribution in [2.75, 3.05) is 19.6 Å². The van der Waals surface area contributed by atoms with Crippen molar-refractivity contribution in [3.63, 3.8) is 0 Å². The van der Waals surface area contributed by atoms with Crippen LogP contribution in [0.15, 0.2) is 52.9 Å². The summed E-state index contributed by atoms with van der Waals surface area (Å²) in [7, 11) is 0. The summed E-state index contributed by atoms with van der Waals surface area (Å²) >= 11 is 6.05. The number of oxazole rings is 1. The van der Waals surface area contributed by atoms with Gasteiger partial charge in [0.15, 0.2) is 11.5 Å². The third-order valence-electron chi connectivity index (χ3n) is 6.34. The quantitative estimate of drug-likeness (QED) is 0.605. The molecule has 6 nitrogen and oxygen atoms in total. The van der Waals surface area contributed by atoms with Gasteiger partial charge in [-0.05, 0) is 56.0 Å². The summed E-state index contributed by atoms with van der Waals surface area (Å²) in [6.07, 6.45) is 3.18. The molecule has 1 atom stereocenters. The van der Waals surface area contributed by atoms with Gasteiger partial charge in [0.1, 0.15) is 11.6 Å². The highest BCUT2D eigenvalue weighted by molar-refractivity contribution is 6.31. The summed E-state index contributed by atoms with van der Waals surface area (Å²) in [5.41, 5.74) is 2.14. The zero-order valence-electron chi connectivity index (χ0n) is 17.2. The monoisotopic (exact) mass is 437 g/mol. The number of amides is 2. The highest BCUT2D eigenvalue weighted by atomic mass is 35.5. The lowest BCUT2D eigenvalue weighted by atomic mass is 9.96. The Morgan fingerprint density at radius 1 is 1.00 bits per heavy atom. The summed E-state index contributed by atoms with van der Waals surface area (Å²) in [5, 5.41) is 0.638. The highest BCUT2D eigenvalue weighted by Gasteiger charge is 2.38. The van der Waals surface area contributed by atoms with Crippen molar-refractivity contribution in [2.45, 2.75) is 37.6 Å². The topological polar surface area (TPSA) is 66.7 Å². The van der Waals surface area contributed by atoms with Crippen LogP contribution >= 0.6 is 11.6 Å². The molecule has 5 rings (SSSR count). The Hall–Kier alpha value is -2.86. The third-order valence-corrected chi connectivity index (χ3v) is 6.58. The van der Waals surface area contributed by atoms with Gasteiger partial charge >= 0.3 is 0 Å². The fraction of sp³-hybridized carbons (Fsp3) is 0.375. The minimum Gasteiger partial charge on any atom is -0.440 e. The first-order valence-electron chi connectivity index (χ1n) is 10.8. The van der Waals surface area contributed by atoms with Crippen LogP contribution in [0.4, 0.5) is 0 Å². The van der Waals surface area contributed by atoms with Crippen LogP contribution in [0.1, 0.15) is 47.8 Å². The Bertz CT molecular complexity index is 1110. The Morgan fingerprint density at radius 3 is 2.55 bits per heavy atom. The van der Waals surface area contributed by atoms with E-state index < -0.39 is 0 Å².